The molecule has 1 aliphatic heterocycles. The van der Waals surface area contributed by atoms with Gasteiger partial charge >= 0.3 is 5.97 Å². The van der Waals surface area contributed by atoms with E-state index in [0.29, 0.717) is 17.5 Å². The molecule has 2 aromatic carbocycles. The minimum Gasteiger partial charge on any atom is -0.459 e. The van der Waals surface area contributed by atoms with E-state index in [4.69, 9.17) is 4.74 Å². The first-order valence-corrected chi connectivity index (χ1v) is 10.2. The fourth-order valence-corrected chi connectivity index (χ4v) is 4.83. The average molecular weight is 389 g/mol. The zero-order chi connectivity index (χ0) is 19.8. The number of sulfonamides is 1. The summed E-state index contributed by atoms with van der Waals surface area (Å²) in [6.07, 6.45) is -0.807. The highest BCUT2D eigenvalue weighted by Crippen LogP contribution is 2.36. The van der Waals surface area contributed by atoms with Crippen molar-refractivity contribution in [2.24, 2.45) is 0 Å². The molecule has 0 saturated carbocycles. The standard InChI is InChI=1S/C20H23NO5S/c1-13(2)26-20(23)15-10-8-14(9-11-15)12-17-19(22)16-6-4-5-7-18(16)27(24,25)21(17)3/h4-11,13,17,19,22H,12H2,1-3H3. The fraction of sp³-hybridized carbons (Fsp3) is 0.350. The van der Waals surface area contributed by atoms with Crippen molar-refractivity contribution < 1.29 is 23.1 Å². The van der Waals surface area contributed by atoms with Crippen molar-refractivity contribution in [2.75, 3.05) is 7.05 Å². The molecule has 1 aliphatic rings. The quantitative estimate of drug-likeness (QED) is 0.813. The predicted molar refractivity (Wildman–Crippen MR) is 101 cm³/mol. The number of esters is 1. The van der Waals surface area contributed by atoms with E-state index in [2.05, 4.69) is 0 Å². The van der Waals surface area contributed by atoms with Gasteiger partial charge in [-0.05, 0) is 44.0 Å². The first-order chi connectivity index (χ1) is 12.7. The molecule has 0 bridgehead atoms. The summed E-state index contributed by atoms with van der Waals surface area (Å²) < 4.78 is 31.9. The highest BCUT2D eigenvalue weighted by molar-refractivity contribution is 7.89. The zero-order valence-electron chi connectivity index (χ0n) is 15.5. The van der Waals surface area contributed by atoms with E-state index < -0.39 is 28.1 Å². The number of carbonyl (C=O) groups excluding carboxylic acids is 1. The van der Waals surface area contributed by atoms with Gasteiger partial charge in [0.15, 0.2) is 0 Å². The third kappa shape index (κ3) is 3.76. The highest BCUT2D eigenvalue weighted by atomic mass is 32.2. The lowest BCUT2D eigenvalue weighted by molar-refractivity contribution is 0.0378. The number of rotatable bonds is 4. The van der Waals surface area contributed by atoms with Crippen molar-refractivity contribution in [3.8, 4) is 0 Å². The van der Waals surface area contributed by atoms with Crippen LogP contribution < -0.4 is 0 Å². The minimum absolute atomic E-state index is 0.142. The maximum atomic E-state index is 12.7. The number of hydrogen-bond donors (Lipinski definition) is 1. The highest BCUT2D eigenvalue weighted by Gasteiger charge is 2.41. The SMILES string of the molecule is CC(C)OC(=O)c1ccc(CC2C(O)c3ccccc3S(=O)(=O)N2C)cc1. The number of carbonyl (C=O) groups is 1. The first kappa shape index (κ1) is 19.5. The first-order valence-electron chi connectivity index (χ1n) is 8.76. The molecule has 27 heavy (non-hydrogen) atoms. The van der Waals surface area contributed by atoms with Crippen LogP contribution in [0.1, 0.15) is 41.4 Å². The van der Waals surface area contributed by atoms with Crippen LogP contribution in [0.3, 0.4) is 0 Å². The molecule has 2 unspecified atom stereocenters. The van der Waals surface area contributed by atoms with Crippen LogP contribution in [-0.2, 0) is 21.2 Å². The van der Waals surface area contributed by atoms with E-state index in [-0.39, 0.29) is 11.0 Å². The summed E-state index contributed by atoms with van der Waals surface area (Å²) in [6, 6.07) is 12.7. The number of fused-ring (bicyclic) bond motifs is 1. The Morgan fingerprint density at radius 2 is 1.78 bits per heavy atom. The lowest BCUT2D eigenvalue weighted by Gasteiger charge is -2.37. The van der Waals surface area contributed by atoms with Gasteiger partial charge in [-0.15, -0.1) is 0 Å². The van der Waals surface area contributed by atoms with Gasteiger partial charge in [0, 0.05) is 12.6 Å². The van der Waals surface area contributed by atoms with Gasteiger partial charge in [0.25, 0.3) is 0 Å². The van der Waals surface area contributed by atoms with Crippen molar-refractivity contribution >= 4 is 16.0 Å². The summed E-state index contributed by atoms with van der Waals surface area (Å²) in [5.74, 6) is -0.400. The Hall–Kier alpha value is -2.22. The summed E-state index contributed by atoms with van der Waals surface area (Å²) in [5.41, 5.74) is 1.67. The maximum Gasteiger partial charge on any atom is 0.338 e. The summed E-state index contributed by atoms with van der Waals surface area (Å²) >= 11 is 0. The van der Waals surface area contributed by atoms with Gasteiger partial charge in [0.1, 0.15) is 0 Å². The molecule has 3 rings (SSSR count). The van der Waals surface area contributed by atoms with Crippen LogP contribution in [0, 0.1) is 0 Å². The molecular formula is C20H23NO5S. The molecule has 0 saturated heterocycles. The third-order valence-electron chi connectivity index (χ3n) is 4.70. The lowest BCUT2D eigenvalue weighted by atomic mass is 9.95. The molecule has 0 aliphatic carbocycles. The Balaban J connectivity index is 1.84. The molecule has 1 heterocycles. The predicted octanol–water partition coefficient (Wildman–Crippen LogP) is 2.53. The van der Waals surface area contributed by atoms with E-state index in [1.165, 1.54) is 17.4 Å². The molecule has 2 atom stereocenters. The summed E-state index contributed by atoms with van der Waals surface area (Å²) in [6.45, 7) is 3.57. The molecule has 1 N–H and O–H groups in total. The van der Waals surface area contributed by atoms with Crippen LogP contribution in [0.25, 0.3) is 0 Å². The van der Waals surface area contributed by atoms with E-state index in [1.54, 1.807) is 56.3 Å². The van der Waals surface area contributed by atoms with Crippen LogP contribution in [0.2, 0.25) is 0 Å². The third-order valence-corrected chi connectivity index (χ3v) is 6.66. The number of aliphatic hydroxyl groups excluding tert-OH is 1. The van der Waals surface area contributed by atoms with Crippen LogP contribution in [0.15, 0.2) is 53.4 Å². The van der Waals surface area contributed by atoms with E-state index in [9.17, 15) is 18.3 Å². The number of ether oxygens (including phenoxy) is 1. The smallest absolute Gasteiger partial charge is 0.338 e. The molecule has 144 valence electrons. The fourth-order valence-electron chi connectivity index (χ4n) is 3.24. The van der Waals surface area contributed by atoms with Crippen LogP contribution in [-0.4, -0.2) is 43.0 Å². The summed E-state index contributed by atoms with van der Waals surface area (Å²) in [4.78, 5) is 12.1. The van der Waals surface area contributed by atoms with Crippen LogP contribution in [0.5, 0.6) is 0 Å². The van der Waals surface area contributed by atoms with Crippen molar-refractivity contribution in [3.05, 3.63) is 65.2 Å². The number of benzene rings is 2. The van der Waals surface area contributed by atoms with Gasteiger partial charge in [-0.1, -0.05) is 30.3 Å². The summed E-state index contributed by atoms with van der Waals surface area (Å²) in [5, 5.41) is 10.7. The Kier molecular flexibility index (Phi) is 5.37. The number of likely N-dealkylation sites (N-methyl/N-ethyl adjacent to an activating group) is 1. The van der Waals surface area contributed by atoms with Gasteiger partial charge in [-0.2, -0.15) is 4.31 Å². The number of aliphatic hydroxyl groups is 1. The van der Waals surface area contributed by atoms with Gasteiger partial charge in [-0.3, -0.25) is 0 Å². The Morgan fingerprint density at radius 3 is 2.41 bits per heavy atom. The zero-order valence-corrected chi connectivity index (χ0v) is 16.3. The largest absolute Gasteiger partial charge is 0.459 e. The van der Waals surface area contributed by atoms with Gasteiger partial charge in [-0.25, -0.2) is 13.2 Å². The van der Waals surface area contributed by atoms with E-state index in [1.807, 2.05) is 0 Å². The monoisotopic (exact) mass is 389 g/mol. The molecule has 0 radical (unpaired) electrons. The van der Waals surface area contributed by atoms with Crippen molar-refractivity contribution in [1.29, 1.82) is 0 Å². The molecule has 0 aromatic heterocycles. The normalized spacial score (nSPS) is 21.7. The lowest BCUT2D eigenvalue weighted by Crippen LogP contribution is -2.46. The Bertz CT molecular complexity index is 937. The van der Waals surface area contributed by atoms with E-state index in [0.717, 1.165) is 5.56 Å². The second kappa shape index (κ2) is 7.42. The molecule has 0 fully saturated rings. The molecule has 6 nitrogen and oxygen atoms in total. The minimum atomic E-state index is -3.66. The van der Waals surface area contributed by atoms with Gasteiger partial charge < -0.3 is 9.84 Å². The van der Waals surface area contributed by atoms with Crippen LogP contribution >= 0.6 is 0 Å². The molecular weight excluding hydrogens is 366 g/mol. The molecule has 0 spiro atoms. The van der Waals surface area contributed by atoms with E-state index >= 15 is 0 Å². The average Bonchev–Trinajstić information content (AvgIpc) is 2.64. The number of hydrogen-bond acceptors (Lipinski definition) is 5. The Labute approximate surface area is 159 Å². The Morgan fingerprint density at radius 1 is 1.15 bits per heavy atom. The van der Waals surface area contributed by atoms with Crippen molar-refractivity contribution in [3.63, 3.8) is 0 Å². The maximum absolute atomic E-state index is 12.7. The second-order valence-corrected chi connectivity index (χ2v) is 8.89. The van der Waals surface area contributed by atoms with Crippen molar-refractivity contribution in [1.82, 2.24) is 4.31 Å². The summed E-state index contributed by atoms with van der Waals surface area (Å²) in [7, 11) is -2.18. The molecule has 2 aromatic rings. The number of nitrogens with zero attached hydrogens (tertiary/aromatic N) is 1. The topological polar surface area (TPSA) is 83.9 Å². The molecule has 0 amide bonds. The van der Waals surface area contributed by atoms with Gasteiger partial charge in [0.2, 0.25) is 10.0 Å². The molecule has 7 heteroatoms. The van der Waals surface area contributed by atoms with Gasteiger partial charge in [0.05, 0.1) is 28.7 Å². The van der Waals surface area contributed by atoms with Crippen molar-refractivity contribution in [2.45, 2.75) is 43.4 Å². The van der Waals surface area contributed by atoms with Crippen LogP contribution in [0.4, 0.5) is 0 Å². The second-order valence-electron chi connectivity index (χ2n) is 6.93.